The lowest BCUT2D eigenvalue weighted by Gasteiger charge is -2.26. The van der Waals surface area contributed by atoms with Gasteiger partial charge in [0, 0.05) is 13.0 Å². The Morgan fingerprint density at radius 3 is 2.81 bits per heavy atom. The lowest BCUT2D eigenvalue weighted by Crippen LogP contribution is -2.41. The number of nitrogens with zero attached hydrogens (tertiary/aromatic N) is 1. The normalized spacial score (nSPS) is 21.2. The summed E-state index contributed by atoms with van der Waals surface area (Å²) in [6, 6.07) is 7.61. The molecule has 2 aliphatic rings. The average Bonchev–Trinajstić information content (AvgIpc) is 3.04. The number of nitrogens with one attached hydrogen (secondary N) is 1. The Morgan fingerprint density at radius 2 is 2.00 bits per heavy atom. The maximum atomic E-state index is 11.9. The van der Waals surface area contributed by atoms with Gasteiger partial charge >= 0.3 is 0 Å². The van der Waals surface area contributed by atoms with Crippen molar-refractivity contribution in [3.63, 3.8) is 0 Å². The van der Waals surface area contributed by atoms with Crippen molar-refractivity contribution in [2.45, 2.75) is 25.4 Å². The quantitative estimate of drug-likeness (QED) is 0.891. The third-order valence-electron chi connectivity index (χ3n) is 3.95. The third kappa shape index (κ3) is 3.88. The second-order valence-electron chi connectivity index (χ2n) is 5.60. The molecule has 114 valence electrons. The monoisotopic (exact) mass is 290 g/mol. The summed E-state index contributed by atoms with van der Waals surface area (Å²) in [7, 11) is 0. The van der Waals surface area contributed by atoms with Crippen LogP contribution in [0.25, 0.3) is 0 Å². The van der Waals surface area contributed by atoms with Crippen LogP contribution in [-0.4, -0.2) is 49.7 Å². The number of hydrogen-bond donors (Lipinski definition) is 1. The Labute approximate surface area is 125 Å². The SMILES string of the molecule is O=C(CCN1CCCC1)NC[C@@H]1COc2ccccc2O1. The van der Waals surface area contributed by atoms with Crippen LogP contribution in [0.15, 0.2) is 24.3 Å². The van der Waals surface area contributed by atoms with Gasteiger partial charge in [0.1, 0.15) is 12.7 Å². The van der Waals surface area contributed by atoms with E-state index in [0.717, 1.165) is 31.1 Å². The number of benzene rings is 1. The van der Waals surface area contributed by atoms with Gasteiger partial charge in [0.15, 0.2) is 11.5 Å². The standard InChI is InChI=1S/C16H22N2O3/c19-16(7-10-18-8-3-4-9-18)17-11-13-12-20-14-5-1-2-6-15(14)21-13/h1-2,5-6,13H,3-4,7-12H2,(H,17,19)/t13-/m1/s1. The highest BCUT2D eigenvalue weighted by molar-refractivity contribution is 5.76. The van der Waals surface area contributed by atoms with Gasteiger partial charge < -0.3 is 19.7 Å². The van der Waals surface area contributed by atoms with Crippen LogP contribution in [0.5, 0.6) is 11.5 Å². The molecule has 0 bridgehead atoms. The topological polar surface area (TPSA) is 50.8 Å². The van der Waals surface area contributed by atoms with E-state index in [1.54, 1.807) is 0 Å². The number of para-hydroxylation sites is 2. The highest BCUT2D eigenvalue weighted by atomic mass is 16.6. The number of carbonyl (C=O) groups excluding carboxylic acids is 1. The van der Waals surface area contributed by atoms with Crippen LogP contribution in [0.3, 0.4) is 0 Å². The predicted molar refractivity (Wildman–Crippen MR) is 79.7 cm³/mol. The molecule has 21 heavy (non-hydrogen) atoms. The van der Waals surface area contributed by atoms with Crippen LogP contribution in [0, 0.1) is 0 Å². The second-order valence-corrected chi connectivity index (χ2v) is 5.60. The third-order valence-corrected chi connectivity index (χ3v) is 3.95. The molecule has 1 aromatic rings. The lowest BCUT2D eigenvalue weighted by atomic mass is 10.2. The Balaban J connectivity index is 1.38. The molecule has 1 saturated heterocycles. The van der Waals surface area contributed by atoms with Crippen molar-refractivity contribution in [2.75, 3.05) is 32.8 Å². The van der Waals surface area contributed by atoms with E-state index >= 15 is 0 Å². The van der Waals surface area contributed by atoms with E-state index < -0.39 is 0 Å². The zero-order valence-corrected chi connectivity index (χ0v) is 12.2. The van der Waals surface area contributed by atoms with Crippen molar-refractivity contribution in [2.24, 2.45) is 0 Å². The first-order valence-corrected chi connectivity index (χ1v) is 7.69. The molecule has 2 heterocycles. The lowest BCUT2D eigenvalue weighted by molar-refractivity contribution is -0.121. The number of carbonyl (C=O) groups is 1. The Hall–Kier alpha value is -1.75. The van der Waals surface area contributed by atoms with Gasteiger partial charge in [-0.05, 0) is 38.1 Å². The van der Waals surface area contributed by atoms with Gasteiger partial charge in [-0.2, -0.15) is 0 Å². The number of amides is 1. The summed E-state index contributed by atoms with van der Waals surface area (Å²) < 4.78 is 11.4. The maximum Gasteiger partial charge on any atom is 0.221 e. The highest BCUT2D eigenvalue weighted by Gasteiger charge is 2.21. The van der Waals surface area contributed by atoms with Crippen molar-refractivity contribution >= 4 is 5.91 Å². The van der Waals surface area contributed by atoms with E-state index in [1.807, 2.05) is 24.3 Å². The summed E-state index contributed by atoms with van der Waals surface area (Å²) in [4.78, 5) is 14.2. The van der Waals surface area contributed by atoms with Gasteiger partial charge in [0.2, 0.25) is 5.91 Å². The summed E-state index contributed by atoms with van der Waals surface area (Å²) >= 11 is 0. The van der Waals surface area contributed by atoms with Gasteiger partial charge in [0.05, 0.1) is 6.54 Å². The van der Waals surface area contributed by atoms with Crippen molar-refractivity contribution < 1.29 is 14.3 Å². The number of likely N-dealkylation sites (tertiary alicyclic amines) is 1. The molecule has 1 fully saturated rings. The minimum Gasteiger partial charge on any atom is -0.486 e. The molecule has 1 amide bonds. The second kappa shape index (κ2) is 6.80. The van der Waals surface area contributed by atoms with Crippen molar-refractivity contribution in [1.29, 1.82) is 0 Å². The van der Waals surface area contributed by atoms with E-state index in [2.05, 4.69) is 10.2 Å². The molecule has 1 atom stereocenters. The van der Waals surface area contributed by atoms with Gasteiger partial charge in [0.25, 0.3) is 0 Å². The highest BCUT2D eigenvalue weighted by Crippen LogP contribution is 2.30. The van der Waals surface area contributed by atoms with Crippen LogP contribution >= 0.6 is 0 Å². The molecule has 0 saturated carbocycles. The molecule has 0 unspecified atom stereocenters. The number of ether oxygens (including phenoxy) is 2. The fourth-order valence-electron chi connectivity index (χ4n) is 2.75. The van der Waals surface area contributed by atoms with Crippen LogP contribution in [-0.2, 0) is 4.79 Å². The average molecular weight is 290 g/mol. The fourth-order valence-corrected chi connectivity index (χ4v) is 2.75. The zero-order chi connectivity index (χ0) is 14.5. The van der Waals surface area contributed by atoms with E-state index in [1.165, 1.54) is 12.8 Å². The van der Waals surface area contributed by atoms with Gasteiger partial charge in [-0.3, -0.25) is 4.79 Å². The molecule has 0 aromatic heterocycles. The molecule has 2 aliphatic heterocycles. The minimum absolute atomic E-state index is 0.0874. The van der Waals surface area contributed by atoms with Crippen molar-refractivity contribution in [1.82, 2.24) is 10.2 Å². The van der Waals surface area contributed by atoms with E-state index in [9.17, 15) is 4.79 Å². The summed E-state index contributed by atoms with van der Waals surface area (Å²) in [5, 5.41) is 2.94. The summed E-state index contributed by atoms with van der Waals surface area (Å²) in [5.74, 6) is 1.61. The fraction of sp³-hybridized carbons (Fsp3) is 0.562. The first-order valence-electron chi connectivity index (χ1n) is 7.69. The van der Waals surface area contributed by atoms with Crippen LogP contribution in [0.1, 0.15) is 19.3 Å². The molecule has 0 aliphatic carbocycles. The van der Waals surface area contributed by atoms with Gasteiger partial charge in [-0.25, -0.2) is 0 Å². The summed E-state index contributed by atoms with van der Waals surface area (Å²) in [6.07, 6.45) is 2.96. The van der Waals surface area contributed by atoms with Gasteiger partial charge in [-0.15, -0.1) is 0 Å². The van der Waals surface area contributed by atoms with Crippen LogP contribution < -0.4 is 14.8 Å². The molecule has 0 spiro atoms. The molecule has 0 radical (unpaired) electrons. The molecule has 3 rings (SSSR count). The molecule has 5 nitrogen and oxygen atoms in total. The molecule has 1 aromatic carbocycles. The van der Waals surface area contributed by atoms with E-state index in [0.29, 0.717) is 19.6 Å². The van der Waals surface area contributed by atoms with Crippen molar-refractivity contribution in [3.05, 3.63) is 24.3 Å². The Kier molecular flexibility index (Phi) is 4.60. The van der Waals surface area contributed by atoms with Crippen molar-refractivity contribution in [3.8, 4) is 11.5 Å². The molecular formula is C16H22N2O3. The molecular weight excluding hydrogens is 268 g/mol. The predicted octanol–water partition coefficient (Wildman–Crippen LogP) is 1.43. The number of hydrogen-bond acceptors (Lipinski definition) is 4. The maximum absolute atomic E-state index is 11.9. The van der Waals surface area contributed by atoms with E-state index in [-0.39, 0.29) is 12.0 Å². The Morgan fingerprint density at radius 1 is 1.24 bits per heavy atom. The van der Waals surface area contributed by atoms with Gasteiger partial charge in [-0.1, -0.05) is 12.1 Å². The first-order chi connectivity index (χ1) is 10.3. The number of fused-ring (bicyclic) bond motifs is 1. The molecule has 1 N–H and O–H groups in total. The summed E-state index contributed by atoms with van der Waals surface area (Å²) in [5.41, 5.74) is 0. The summed E-state index contributed by atoms with van der Waals surface area (Å²) in [6.45, 7) is 4.08. The Bertz CT molecular complexity index is 486. The smallest absolute Gasteiger partial charge is 0.221 e. The first kappa shape index (κ1) is 14.2. The van der Waals surface area contributed by atoms with Crippen LogP contribution in [0.2, 0.25) is 0 Å². The largest absolute Gasteiger partial charge is 0.486 e. The minimum atomic E-state index is -0.115. The van der Waals surface area contributed by atoms with Crippen LogP contribution in [0.4, 0.5) is 0 Å². The molecule has 5 heteroatoms. The van der Waals surface area contributed by atoms with E-state index in [4.69, 9.17) is 9.47 Å². The zero-order valence-electron chi connectivity index (χ0n) is 12.2. The number of rotatable bonds is 5.